The van der Waals surface area contributed by atoms with Crippen LogP contribution in [0.3, 0.4) is 0 Å². The van der Waals surface area contributed by atoms with Crippen molar-refractivity contribution < 1.29 is 9.53 Å². The van der Waals surface area contributed by atoms with Gasteiger partial charge in [-0.1, -0.05) is 25.1 Å². The summed E-state index contributed by atoms with van der Waals surface area (Å²) in [5.74, 6) is 1.17. The van der Waals surface area contributed by atoms with E-state index in [1.807, 2.05) is 6.92 Å². The van der Waals surface area contributed by atoms with Crippen LogP contribution in [0.5, 0.6) is 0 Å². The summed E-state index contributed by atoms with van der Waals surface area (Å²) in [6.45, 7) is 8.52. The van der Waals surface area contributed by atoms with Gasteiger partial charge in [-0.3, -0.25) is 4.79 Å². The molecule has 1 aromatic heterocycles. The normalized spacial score (nSPS) is 25.4. The van der Waals surface area contributed by atoms with E-state index in [0.29, 0.717) is 23.4 Å². The van der Waals surface area contributed by atoms with Crippen molar-refractivity contribution in [3.8, 4) is 0 Å². The van der Waals surface area contributed by atoms with Crippen molar-refractivity contribution >= 4 is 23.1 Å². The highest BCUT2D eigenvalue weighted by atomic mass is 35.5. The van der Waals surface area contributed by atoms with E-state index in [-0.39, 0.29) is 17.8 Å². The van der Waals surface area contributed by atoms with E-state index in [2.05, 4.69) is 23.5 Å². The molecular weight excluding hydrogens is 288 g/mol. The molecule has 2 rings (SSSR count). The Kier molecular flexibility index (Phi) is 5.34. The summed E-state index contributed by atoms with van der Waals surface area (Å²) in [4.78, 5) is 20.4. The largest absolute Gasteiger partial charge is 0.466 e. The molecule has 1 saturated carbocycles. The molecule has 0 bridgehead atoms. The number of carbonyl (C=O) groups is 1. The monoisotopic (exact) mass is 308 g/mol. The lowest BCUT2D eigenvalue weighted by molar-refractivity contribution is -0.151. The molecule has 0 amide bonds. The molecule has 3 atom stereocenters. The van der Waals surface area contributed by atoms with Crippen LogP contribution in [0.15, 0.2) is 19.0 Å². The lowest BCUT2D eigenvalue weighted by Gasteiger charge is -2.33. The van der Waals surface area contributed by atoms with E-state index >= 15 is 0 Å². The van der Waals surface area contributed by atoms with Crippen LogP contribution in [0.25, 0.3) is 5.57 Å². The van der Waals surface area contributed by atoms with Gasteiger partial charge in [0.2, 0.25) is 0 Å². The van der Waals surface area contributed by atoms with Gasteiger partial charge in [0.05, 0.1) is 17.5 Å². The average molecular weight is 309 g/mol. The molecule has 114 valence electrons. The summed E-state index contributed by atoms with van der Waals surface area (Å²) in [6, 6.07) is 0. The van der Waals surface area contributed by atoms with Gasteiger partial charge in [-0.2, -0.15) is 0 Å². The Morgan fingerprint density at radius 3 is 2.67 bits per heavy atom. The molecule has 4 nitrogen and oxygen atoms in total. The number of ether oxygens (including phenoxy) is 1. The molecule has 0 aliphatic heterocycles. The summed E-state index contributed by atoms with van der Waals surface area (Å²) < 4.78 is 5.14. The van der Waals surface area contributed by atoms with Crippen LogP contribution < -0.4 is 0 Å². The van der Waals surface area contributed by atoms with E-state index < -0.39 is 0 Å². The number of halogens is 1. The smallest absolute Gasteiger partial charge is 0.309 e. The lowest BCUT2D eigenvalue weighted by atomic mass is 9.72. The van der Waals surface area contributed by atoms with Crippen LogP contribution in [-0.2, 0) is 9.53 Å². The maximum Gasteiger partial charge on any atom is 0.309 e. The van der Waals surface area contributed by atoms with Crippen LogP contribution in [0, 0.1) is 17.8 Å². The van der Waals surface area contributed by atoms with E-state index in [4.69, 9.17) is 16.3 Å². The average Bonchev–Trinajstić information content (AvgIpc) is 2.47. The molecule has 1 aliphatic rings. The number of rotatable bonds is 4. The number of esters is 1. The van der Waals surface area contributed by atoms with E-state index in [0.717, 1.165) is 24.8 Å². The van der Waals surface area contributed by atoms with Crippen molar-refractivity contribution in [3.05, 3.63) is 29.8 Å². The number of hydrogen-bond donors (Lipinski definition) is 0. The topological polar surface area (TPSA) is 52.1 Å². The first-order valence-electron chi connectivity index (χ1n) is 7.36. The highest BCUT2D eigenvalue weighted by Crippen LogP contribution is 2.39. The van der Waals surface area contributed by atoms with Gasteiger partial charge in [0.25, 0.3) is 0 Å². The van der Waals surface area contributed by atoms with Crippen LogP contribution >= 0.6 is 11.6 Å². The van der Waals surface area contributed by atoms with Crippen molar-refractivity contribution in [2.24, 2.45) is 17.8 Å². The number of nitrogens with zero attached hydrogens (tertiary/aromatic N) is 2. The van der Waals surface area contributed by atoms with Crippen molar-refractivity contribution in [1.82, 2.24) is 9.97 Å². The minimum atomic E-state index is -0.0724. The zero-order chi connectivity index (χ0) is 15.4. The predicted molar refractivity (Wildman–Crippen MR) is 82.7 cm³/mol. The Morgan fingerprint density at radius 1 is 1.43 bits per heavy atom. The molecule has 1 aliphatic carbocycles. The first-order chi connectivity index (χ1) is 10.0. The van der Waals surface area contributed by atoms with Crippen molar-refractivity contribution in [2.45, 2.75) is 33.1 Å². The standard InChI is InChI=1S/C16H21ClN2O2/c1-4-21-16(20)14-6-5-12(7-10(14)2)11(3)15-18-8-13(17)9-19-15/h8-10,12,14H,3-7H2,1-2H3/t10-,12?,14+/m0/s1. The van der Waals surface area contributed by atoms with Crippen LogP contribution in [0.4, 0.5) is 0 Å². The van der Waals surface area contributed by atoms with Gasteiger partial charge in [-0.15, -0.1) is 0 Å². The summed E-state index contributed by atoms with van der Waals surface area (Å²) in [7, 11) is 0. The quantitative estimate of drug-likeness (QED) is 0.795. The van der Waals surface area contributed by atoms with E-state index in [1.54, 1.807) is 12.4 Å². The zero-order valence-corrected chi connectivity index (χ0v) is 13.3. The van der Waals surface area contributed by atoms with Gasteiger partial charge in [0, 0.05) is 12.4 Å². The molecular formula is C16H21ClN2O2. The lowest BCUT2D eigenvalue weighted by Crippen LogP contribution is -2.31. The molecule has 0 saturated heterocycles. The van der Waals surface area contributed by atoms with Gasteiger partial charge >= 0.3 is 5.97 Å². The minimum absolute atomic E-state index is 0.000126. The maximum atomic E-state index is 11.9. The van der Waals surface area contributed by atoms with Gasteiger partial charge < -0.3 is 4.74 Å². The Balaban J connectivity index is 2.00. The molecule has 1 unspecified atom stereocenters. The number of hydrogen-bond acceptors (Lipinski definition) is 4. The molecule has 0 spiro atoms. The van der Waals surface area contributed by atoms with Gasteiger partial charge in [-0.25, -0.2) is 9.97 Å². The highest BCUT2D eigenvalue weighted by molar-refractivity contribution is 6.30. The fraction of sp³-hybridized carbons (Fsp3) is 0.562. The van der Waals surface area contributed by atoms with Crippen molar-refractivity contribution in [1.29, 1.82) is 0 Å². The SMILES string of the molecule is C=C(c1ncc(Cl)cn1)C1CC[C@@H](C(=O)OCC)[C@@H](C)C1. The van der Waals surface area contributed by atoms with E-state index in [9.17, 15) is 4.79 Å². The molecule has 21 heavy (non-hydrogen) atoms. The second kappa shape index (κ2) is 7.03. The third-order valence-corrected chi connectivity index (χ3v) is 4.35. The third-order valence-electron chi connectivity index (χ3n) is 4.16. The number of allylic oxidation sites excluding steroid dienone is 1. The van der Waals surface area contributed by atoms with Crippen LogP contribution in [-0.4, -0.2) is 22.5 Å². The van der Waals surface area contributed by atoms with Crippen molar-refractivity contribution in [2.75, 3.05) is 6.61 Å². The molecule has 0 radical (unpaired) electrons. The van der Waals surface area contributed by atoms with Gasteiger partial charge in [0.1, 0.15) is 0 Å². The summed E-state index contributed by atoms with van der Waals surface area (Å²) in [5.41, 5.74) is 0.931. The fourth-order valence-corrected chi connectivity index (χ4v) is 3.07. The summed E-state index contributed by atoms with van der Waals surface area (Å²) >= 11 is 5.80. The summed E-state index contributed by atoms with van der Waals surface area (Å²) in [6.07, 6.45) is 5.83. The van der Waals surface area contributed by atoms with Gasteiger partial charge in [-0.05, 0) is 43.6 Å². The zero-order valence-electron chi connectivity index (χ0n) is 12.5. The first kappa shape index (κ1) is 16.0. The Labute approximate surface area is 130 Å². The second-order valence-corrected chi connectivity index (χ2v) is 6.03. The molecule has 0 aromatic carbocycles. The van der Waals surface area contributed by atoms with Crippen LogP contribution in [0.1, 0.15) is 38.9 Å². The molecule has 5 heteroatoms. The fourth-order valence-electron chi connectivity index (χ4n) is 2.97. The Bertz CT molecular complexity index is 516. The highest BCUT2D eigenvalue weighted by Gasteiger charge is 2.34. The maximum absolute atomic E-state index is 11.9. The number of aromatic nitrogens is 2. The van der Waals surface area contributed by atoms with Crippen LogP contribution in [0.2, 0.25) is 5.02 Å². The molecule has 1 fully saturated rings. The Morgan fingerprint density at radius 2 is 2.10 bits per heavy atom. The first-order valence-corrected chi connectivity index (χ1v) is 7.74. The molecule has 1 aromatic rings. The third kappa shape index (κ3) is 3.82. The minimum Gasteiger partial charge on any atom is -0.466 e. The molecule has 0 N–H and O–H groups in total. The van der Waals surface area contributed by atoms with E-state index in [1.165, 1.54) is 0 Å². The predicted octanol–water partition coefficient (Wildman–Crippen LogP) is 3.76. The van der Waals surface area contributed by atoms with Crippen molar-refractivity contribution in [3.63, 3.8) is 0 Å². The molecule has 1 heterocycles. The van der Waals surface area contributed by atoms with Gasteiger partial charge in [0.15, 0.2) is 5.82 Å². The Hall–Kier alpha value is -1.42. The number of carbonyl (C=O) groups excluding carboxylic acids is 1. The second-order valence-electron chi connectivity index (χ2n) is 5.60. The summed E-state index contributed by atoms with van der Waals surface area (Å²) in [5, 5.41) is 0.519.